The van der Waals surface area contributed by atoms with Gasteiger partial charge in [0.25, 0.3) is 0 Å². The number of nitrogens with zero attached hydrogens (tertiary/aromatic N) is 5. The third-order valence-electron chi connectivity index (χ3n) is 6.19. The van der Waals surface area contributed by atoms with Gasteiger partial charge in [0, 0.05) is 23.8 Å². The van der Waals surface area contributed by atoms with Gasteiger partial charge in [-0.25, -0.2) is 0 Å². The highest BCUT2D eigenvalue weighted by Gasteiger charge is 2.30. The third kappa shape index (κ3) is 3.82. The summed E-state index contributed by atoms with van der Waals surface area (Å²) >= 11 is 1.40. The van der Waals surface area contributed by atoms with Crippen molar-refractivity contribution in [3.63, 3.8) is 0 Å². The lowest BCUT2D eigenvalue weighted by Gasteiger charge is -2.17. The lowest BCUT2D eigenvalue weighted by molar-refractivity contribution is -0.113. The normalized spacial score (nSPS) is 15.2. The number of nitriles is 1. The molecule has 5 rings (SSSR count). The van der Waals surface area contributed by atoms with Crippen LogP contribution in [0.5, 0.6) is 0 Å². The van der Waals surface area contributed by atoms with Crippen LogP contribution in [0.15, 0.2) is 35.5 Å². The lowest BCUT2D eigenvalue weighted by Crippen LogP contribution is -2.18. The molecule has 2 heterocycles. The first kappa shape index (κ1) is 20.8. The Balaban J connectivity index is 1.41. The number of para-hydroxylation sites is 1. The van der Waals surface area contributed by atoms with Crippen LogP contribution in [0.3, 0.4) is 0 Å². The molecule has 1 fully saturated rings. The number of thioether (sulfide) groups is 1. The van der Waals surface area contributed by atoms with Crippen molar-refractivity contribution in [3.05, 3.63) is 53.0 Å². The van der Waals surface area contributed by atoms with Gasteiger partial charge in [0.05, 0.1) is 11.3 Å². The fourth-order valence-corrected chi connectivity index (χ4v) is 5.35. The van der Waals surface area contributed by atoms with Crippen molar-refractivity contribution in [2.75, 3.05) is 11.1 Å². The highest BCUT2D eigenvalue weighted by Crippen LogP contribution is 2.40. The SMILES string of the molecule is CCn1c(SCC(=O)Nc2c(C#N)c3c(n2-c2ccccc2)CCCC3)nnc1C1CC1. The molecule has 1 aromatic carbocycles. The molecule has 7 nitrogen and oxygen atoms in total. The van der Waals surface area contributed by atoms with E-state index in [0.29, 0.717) is 17.3 Å². The number of carbonyl (C=O) groups excluding carboxylic acids is 1. The average molecular weight is 447 g/mol. The van der Waals surface area contributed by atoms with Gasteiger partial charge in [-0.3, -0.25) is 9.36 Å². The number of benzene rings is 1. The summed E-state index contributed by atoms with van der Waals surface area (Å²) in [6.07, 6.45) is 6.28. The molecule has 1 amide bonds. The molecular formula is C24H26N6OS. The molecular weight excluding hydrogens is 420 g/mol. The minimum Gasteiger partial charge on any atom is -0.310 e. The molecule has 2 aromatic heterocycles. The van der Waals surface area contributed by atoms with E-state index in [0.717, 1.165) is 60.2 Å². The van der Waals surface area contributed by atoms with E-state index in [1.54, 1.807) is 0 Å². The monoisotopic (exact) mass is 446 g/mol. The van der Waals surface area contributed by atoms with Crippen molar-refractivity contribution in [2.45, 2.75) is 63.1 Å². The summed E-state index contributed by atoms with van der Waals surface area (Å²) in [4.78, 5) is 13.0. The largest absolute Gasteiger partial charge is 0.310 e. The predicted molar refractivity (Wildman–Crippen MR) is 124 cm³/mol. The summed E-state index contributed by atoms with van der Waals surface area (Å²) in [5.74, 6) is 2.22. The van der Waals surface area contributed by atoms with Crippen LogP contribution >= 0.6 is 11.8 Å². The highest BCUT2D eigenvalue weighted by molar-refractivity contribution is 7.99. The third-order valence-corrected chi connectivity index (χ3v) is 7.16. The van der Waals surface area contributed by atoms with Crippen LogP contribution in [-0.2, 0) is 24.2 Å². The Morgan fingerprint density at radius 2 is 2.00 bits per heavy atom. The number of fused-ring (bicyclic) bond motifs is 1. The smallest absolute Gasteiger partial charge is 0.236 e. The molecule has 0 atom stereocenters. The second-order valence-corrected chi connectivity index (χ2v) is 9.28. The first-order chi connectivity index (χ1) is 15.7. The molecule has 0 unspecified atom stereocenters. The maximum atomic E-state index is 13.0. The van der Waals surface area contributed by atoms with Gasteiger partial charge < -0.3 is 9.88 Å². The quantitative estimate of drug-likeness (QED) is 0.542. The van der Waals surface area contributed by atoms with Crippen molar-refractivity contribution in [1.29, 1.82) is 5.26 Å². The fraction of sp³-hybridized carbons (Fsp3) is 0.417. The van der Waals surface area contributed by atoms with E-state index >= 15 is 0 Å². The second kappa shape index (κ2) is 8.83. The molecule has 1 N–H and O–H groups in total. The van der Waals surface area contributed by atoms with Crippen molar-refractivity contribution >= 4 is 23.5 Å². The number of amides is 1. The minimum atomic E-state index is -0.142. The van der Waals surface area contributed by atoms with E-state index < -0.39 is 0 Å². The Labute approximate surface area is 191 Å². The summed E-state index contributed by atoms with van der Waals surface area (Å²) in [7, 11) is 0. The number of hydrogen-bond acceptors (Lipinski definition) is 5. The molecule has 0 radical (unpaired) electrons. The average Bonchev–Trinajstić information content (AvgIpc) is 3.51. The van der Waals surface area contributed by atoms with Crippen LogP contribution in [0.4, 0.5) is 5.82 Å². The van der Waals surface area contributed by atoms with Gasteiger partial charge in [-0.1, -0.05) is 30.0 Å². The second-order valence-electron chi connectivity index (χ2n) is 8.33. The number of rotatable bonds is 7. The Hall–Kier alpha value is -3.05. The Bertz CT molecular complexity index is 1190. The molecule has 8 heteroatoms. The standard InChI is InChI=1S/C24H26N6OS/c1-2-29-22(16-12-13-16)27-28-24(29)32-15-21(31)26-23-19(14-25)18-10-6-7-11-20(18)30(23)17-8-4-3-5-9-17/h3-5,8-9,16H,2,6-7,10-13,15H2,1H3,(H,26,31). The van der Waals surface area contributed by atoms with E-state index in [2.05, 4.69) is 37.6 Å². The van der Waals surface area contributed by atoms with Crippen LogP contribution in [0.2, 0.25) is 0 Å². The summed E-state index contributed by atoms with van der Waals surface area (Å²) in [5.41, 5.74) is 3.77. The van der Waals surface area contributed by atoms with E-state index in [4.69, 9.17) is 0 Å². The zero-order valence-electron chi connectivity index (χ0n) is 18.2. The predicted octanol–water partition coefficient (Wildman–Crippen LogP) is 4.45. The van der Waals surface area contributed by atoms with Gasteiger partial charge in [-0.05, 0) is 63.1 Å². The van der Waals surface area contributed by atoms with Crippen molar-refractivity contribution < 1.29 is 4.79 Å². The van der Waals surface area contributed by atoms with Crippen LogP contribution < -0.4 is 5.32 Å². The maximum absolute atomic E-state index is 13.0. The summed E-state index contributed by atoms with van der Waals surface area (Å²) in [6.45, 7) is 2.88. The van der Waals surface area contributed by atoms with Gasteiger partial charge in [0.1, 0.15) is 17.7 Å². The first-order valence-corrected chi connectivity index (χ1v) is 12.3. The van der Waals surface area contributed by atoms with Crippen molar-refractivity contribution in [3.8, 4) is 11.8 Å². The topological polar surface area (TPSA) is 88.5 Å². The number of nitrogens with one attached hydrogen (secondary N) is 1. The molecule has 0 aliphatic heterocycles. The van der Waals surface area contributed by atoms with E-state index in [1.807, 2.05) is 30.3 Å². The number of hydrogen-bond donors (Lipinski definition) is 1. The maximum Gasteiger partial charge on any atom is 0.236 e. The molecule has 2 aliphatic rings. The molecule has 164 valence electrons. The zero-order chi connectivity index (χ0) is 22.1. The van der Waals surface area contributed by atoms with Crippen molar-refractivity contribution in [1.82, 2.24) is 19.3 Å². The van der Waals surface area contributed by atoms with Gasteiger partial charge in [0.15, 0.2) is 5.16 Å². The fourth-order valence-electron chi connectivity index (χ4n) is 4.54. The van der Waals surface area contributed by atoms with Crippen LogP contribution in [-0.4, -0.2) is 31.0 Å². The minimum absolute atomic E-state index is 0.142. The number of anilines is 1. The number of aromatic nitrogens is 4. The Morgan fingerprint density at radius 1 is 1.22 bits per heavy atom. The van der Waals surface area contributed by atoms with Crippen molar-refractivity contribution in [2.24, 2.45) is 0 Å². The summed E-state index contributed by atoms with van der Waals surface area (Å²) < 4.78 is 4.18. The van der Waals surface area contributed by atoms with Gasteiger partial charge in [0.2, 0.25) is 5.91 Å². The highest BCUT2D eigenvalue weighted by atomic mass is 32.2. The summed E-state index contributed by atoms with van der Waals surface area (Å²) in [6, 6.07) is 12.3. The Morgan fingerprint density at radius 3 is 2.72 bits per heavy atom. The zero-order valence-corrected chi connectivity index (χ0v) is 19.0. The summed E-state index contributed by atoms with van der Waals surface area (Å²) in [5, 5.41) is 22.4. The lowest BCUT2D eigenvalue weighted by atomic mass is 9.95. The van der Waals surface area contributed by atoms with Gasteiger partial charge in [-0.2, -0.15) is 5.26 Å². The molecule has 2 aliphatic carbocycles. The number of carbonyl (C=O) groups is 1. The van der Waals surface area contributed by atoms with Crippen LogP contribution in [0, 0.1) is 11.3 Å². The van der Waals surface area contributed by atoms with Gasteiger partial charge in [-0.15, -0.1) is 10.2 Å². The van der Waals surface area contributed by atoms with E-state index in [9.17, 15) is 10.1 Å². The molecule has 3 aromatic rings. The molecule has 32 heavy (non-hydrogen) atoms. The van der Waals surface area contributed by atoms with Gasteiger partial charge >= 0.3 is 0 Å². The van der Waals surface area contributed by atoms with Crippen LogP contribution in [0.1, 0.15) is 61.2 Å². The van der Waals surface area contributed by atoms with E-state index in [1.165, 1.54) is 24.6 Å². The molecule has 0 saturated heterocycles. The van der Waals surface area contributed by atoms with Crippen LogP contribution in [0.25, 0.3) is 5.69 Å². The molecule has 0 spiro atoms. The molecule has 1 saturated carbocycles. The first-order valence-electron chi connectivity index (χ1n) is 11.3. The van der Waals surface area contributed by atoms with E-state index in [-0.39, 0.29) is 11.7 Å². The Kier molecular flexibility index (Phi) is 5.75. The molecule has 0 bridgehead atoms.